The minimum Gasteiger partial charge on any atom is -0.395 e. The van der Waals surface area contributed by atoms with Crippen molar-refractivity contribution in [3.63, 3.8) is 0 Å². The Hall–Kier alpha value is -1.74. The number of aryl methyl sites for hydroxylation is 2. The molecule has 3 heteroatoms. The van der Waals surface area contributed by atoms with Gasteiger partial charge in [-0.2, -0.15) is 0 Å². The summed E-state index contributed by atoms with van der Waals surface area (Å²) >= 11 is 0. The molecule has 1 N–H and O–H groups in total. The van der Waals surface area contributed by atoms with E-state index in [0.29, 0.717) is 0 Å². The molecule has 0 aliphatic heterocycles. The monoisotopic (exact) mass is 268 g/mol. The van der Waals surface area contributed by atoms with E-state index in [9.17, 15) is 5.11 Å². The highest BCUT2D eigenvalue weighted by molar-refractivity contribution is 5.63. The van der Waals surface area contributed by atoms with E-state index >= 15 is 0 Å². The van der Waals surface area contributed by atoms with Gasteiger partial charge in [-0.05, 0) is 38.3 Å². The molecule has 0 spiro atoms. The van der Waals surface area contributed by atoms with Crippen molar-refractivity contribution < 1.29 is 5.11 Å². The van der Waals surface area contributed by atoms with Crippen LogP contribution in [0.2, 0.25) is 0 Å². The van der Waals surface area contributed by atoms with Crippen molar-refractivity contribution in [2.75, 3.05) is 6.61 Å². The van der Waals surface area contributed by atoms with Gasteiger partial charge < -0.3 is 5.11 Å². The highest BCUT2D eigenvalue weighted by Crippen LogP contribution is 2.41. The summed E-state index contributed by atoms with van der Waals surface area (Å²) in [5.74, 6) is 0.795. The average Bonchev–Trinajstić information content (AvgIpc) is 2.38. The Balaban J connectivity index is 2.03. The van der Waals surface area contributed by atoms with Gasteiger partial charge in [0.15, 0.2) is 0 Å². The number of hydrogen-bond donors (Lipinski definition) is 1. The first-order valence-corrected chi connectivity index (χ1v) is 7.17. The summed E-state index contributed by atoms with van der Waals surface area (Å²) < 4.78 is 0. The summed E-state index contributed by atoms with van der Waals surface area (Å²) in [6.07, 6.45) is 4.93. The Morgan fingerprint density at radius 2 is 2.00 bits per heavy atom. The predicted molar refractivity (Wildman–Crippen MR) is 79.6 cm³/mol. The lowest BCUT2D eigenvalue weighted by Crippen LogP contribution is -2.39. The summed E-state index contributed by atoms with van der Waals surface area (Å²) in [5.41, 5.74) is 4.38. The SMILES string of the molecule is Cc1ccc(-c2ccnc(C3(CO)CCC3)n2)c(C)c1. The van der Waals surface area contributed by atoms with Crippen molar-refractivity contribution in [3.05, 3.63) is 47.4 Å². The van der Waals surface area contributed by atoms with Crippen LogP contribution in [0.1, 0.15) is 36.2 Å². The van der Waals surface area contributed by atoms with Gasteiger partial charge in [0.1, 0.15) is 5.82 Å². The maximum absolute atomic E-state index is 9.66. The molecule has 3 rings (SSSR count). The number of rotatable bonds is 3. The lowest BCUT2D eigenvalue weighted by atomic mass is 9.68. The van der Waals surface area contributed by atoms with Gasteiger partial charge in [-0.15, -0.1) is 0 Å². The number of aliphatic hydroxyl groups excluding tert-OH is 1. The van der Waals surface area contributed by atoms with Crippen LogP contribution in [0.5, 0.6) is 0 Å². The lowest BCUT2D eigenvalue weighted by Gasteiger charge is -2.38. The number of aromatic nitrogens is 2. The fourth-order valence-electron chi connectivity index (χ4n) is 2.92. The number of nitrogens with zero attached hydrogens (tertiary/aromatic N) is 2. The summed E-state index contributed by atoms with van der Waals surface area (Å²) in [6.45, 7) is 4.34. The standard InChI is InChI=1S/C17H20N2O/c1-12-4-5-14(13(2)10-12)15-6-9-18-16(19-15)17(11-20)7-3-8-17/h4-6,9-10,20H,3,7-8,11H2,1-2H3. The Morgan fingerprint density at radius 3 is 2.60 bits per heavy atom. The van der Waals surface area contributed by atoms with E-state index < -0.39 is 0 Å². The molecule has 0 bridgehead atoms. The molecule has 2 aromatic rings. The van der Waals surface area contributed by atoms with E-state index in [4.69, 9.17) is 4.98 Å². The van der Waals surface area contributed by atoms with Crippen LogP contribution in [0.25, 0.3) is 11.3 Å². The zero-order valence-electron chi connectivity index (χ0n) is 12.1. The third-order valence-corrected chi connectivity index (χ3v) is 4.40. The van der Waals surface area contributed by atoms with Crippen molar-refractivity contribution >= 4 is 0 Å². The maximum Gasteiger partial charge on any atom is 0.137 e. The van der Waals surface area contributed by atoms with Crippen molar-refractivity contribution in [2.24, 2.45) is 0 Å². The van der Waals surface area contributed by atoms with Crippen LogP contribution in [0.15, 0.2) is 30.5 Å². The van der Waals surface area contributed by atoms with Crippen LogP contribution < -0.4 is 0 Å². The molecule has 1 aliphatic carbocycles. The molecule has 1 aromatic heterocycles. The van der Waals surface area contributed by atoms with E-state index in [2.05, 4.69) is 37.0 Å². The quantitative estimate of drug-likeness (QED) is 0.930. The first kappa shape index (κ1) is 13.3. The molecule has 0 amide bonds. The summed E-state index contributed by atoms with van der Waals surface area (Å²) in [7, 11) is 0. The van der Waals surface area contributed by atoms with Gasteiger partial charge in [0, 0.05) is 11.8 Å². The van der Waals surface area contributed by atoms with Gasteiger partial charge >= 0.3 is 0 Å². The molecule has 1 saturated carbocycles. The molecule has 3 nitrogen and oxygen atoms in total. The molecule has 20 heavy (non-hydrogen) atoms. The first-order chi connectivity index (χ1) is 9.64. The second-order valence-corrected chi connectivity index (χ2v) is 5.88. The van der Waals surface area contributed by atoms with Crippen molar-refractivity contribution in [1.82, 2.24) is 9.97 Å². The van der Waals surface area contributed by atoms with E-state index in [1.807, 2.05) is 12.3 Å². The zero-order chi connectivity index (χ0) is 14.2. The molecule has 0 unspecified atom stereocenters. The van der Waals surface area contributed by atoms with Gasteiger partial charge in [0.2, 0.25) is 0 Å². The Bertz CT molecular complexity index is 627. The van der Waals surface area contributed by atoms with Crippen LogP contribution in [0.3, 0.4) is 0 Å². The van der Waals surface area contributed by atoms with Crippen molar-refractivity contribution in [2.45, 2.75) is 38.5 Å². The molecular formula is C17H20N2O. The normalized spacial score (nSPS) is 16.8. The third kappa shape index (κ3) is 2.12. The lowest BCUT2D eigenvalue weighted by molar-refractivity contribution is 0.112. The Kier molecular flexibility index (Phi) is 3.30. The van der Waals surface area contributed by atoms with Gasteiger partial charge in [-0.3, -0.25) is 0 Å². The third-order valence-electron chi connectivity index (χ3n) is 4.40. The summed E-state index contributed by atoms with van der Waals surface area (Å²) in [5, 5.41) is 9.66. The molecular weight excluding hydrogens is 248 g/mol. The van der Waals surface area contributed by atoms with Crippen LogP contribution in [0.4, 0.5) is 0 Å². The molecule has 104 valence electrons. The average molecular weight is 268 g/mol. The fourth-order valence-corrected chi connectivity index (χ4v) is 2.92. The van der Waals surface area contributed by atoms with E-state index in [0.717, 1.165) is 36.3 Å². The molecule has 0 radical (unpaired) electrons. The molecule has 1 heterocycles. The zero-order valence-corrected chi connectivity index (χ0v) is 12.1. The van der Waals surface area contributed by atoms with E-state index in [-0.39, 0.29) is 12.0 Å². The van der Waals surface area contributed by atoms with Crippen LogP contribution in [-0.2, 0) is 5.41 Å². The summed E-state index contributed by atoms with van der Waals surface area (Å²) in [6, 6.07) is 8.34. The largest absolute Gasteiger partial charge is 0.395 e. The summed E-state index contributed by atoms with van der Waals surface area (Å²) in [4.78, 5) is 9.13. The van der Waals surface area contributed by atoms with Crippen LogP contribution in [-0.4, -0.2) is 21.7 Å². The van der Waals surface area contributed by atoms with Crippen LogP contribution >= 0.6 is 0 Å². The Morgan fingerprint density at radius 1 is 1.20 bits per heavy atom. The first-order valence-electron chi connectivity index (χ1n) is 7.17. The van der Waals surface area contributed by atoms with Crippen molar-refractivity contribution in [1.29, 1.82) is 0 Å². The van der Waals surface area contributed by atoms with Gasteiger partial charge in [-0.25, -0.2) is 9.97 Å². The highest BCUT2D eigenvalue weighted by atomic mass is 16.3. The maximum atomic E-state index is 9.66. The second kappa shape index (κ2) is 4.98. The topological polar surface area (TPSA) is 46.0 Å². The number of hydrogen-bond acceptors (Lipinski definition) is 3. The van der Waals surface area contributed by atoms with E-state index in [1.54, 1.807) is 0 Å². The van der Waals surface area contributed by atoms with Crippen LogP contribution in [0, 0.1) is 13.8 Å². The fraction of sp³-hybridized carbons (Fsp3) is 0.412. The van der Waals surface area contributed by atoms with E-state index in [1.165, 1.54) is 11.1 Å². The molecule has 1 aliphatic rings. The molecule has 1 fully saturated rings. The van der Waals surface area contributed by atoms with Gasteiger partial charge in [0.25, 0.3) is 0 Å². The highest BCUT2D eigenvalue weighted by Gasteiger charge is 2.40. The molecule has 1 aromatic carbocycles. The minimum absolute atomic E-state index is 0.142. The predicted octanol–water partition coefficient (Wildman–Crippen LogP) is 3.17. The van der Waals surface area contributed by atoms with Gasteiger partial charge in [-0.1, -0.05) is 30.2 Å². The molecule has 0 atom stereocenters. The number of benzene rings is 1. The smallest absolute Gasteiger partial charge is 0.137 e. The molecule has 0 saturated heterocycles. The van der Waals surface area contributed by atoms with Gasteiger partial charge in [0.05, 0.1) is 17.7 Å². The second-order valence-electron chi connectivity index (χ2n) is 5.88. The van der Waals surface area contributed by atoms with Crippen molar-refractivity contribution in [3.8, 4) is 11.3 Å². The Labute approximate surface area is 119 Å². The minimum atomic E-state index is -0.200. The number of aliphatic hydroxyl groups is 1.